The third-order valence-corrected chi connectivity index (χ3v) is 2.25. The summed E-state index contributed by atoms with van der Waals surface area (Å²) in [4.78, 5) is 8.35. The van der Waals surface area contributed by atoms with E-state index in [1.54, 1.807) is 6.20 Å². The van der Waals surface area contributed by atoms with Gasteiger partial charge in [0.05, 0.1) is 12.7 Å². The fourth-order valence-electron chi connectivity index (χ4n) is 1.40. The van der Waals surface area contributed by atoms with Crippen molar-refractivity contribution in [2.75, 3.05) is 0 Å². The van der Waals surface area contributed by atoms with Gasteiger partial charge in [-0.05, 0) is 25.5 Å². The van der Waals surface area contributed by atoms with Gasteiger partial charge in [-0.3, -0.25) is 4.98 Å². The minimum absolute atomic E-state index is 0.641. The highest BCUT2D eigenvalue weighted by molar-refractivity contribution is 5.12. The third-order valence-electron chi connectivity index (χ3n) is 2.25. The molecule has 0 saturated heterocycles. The van der Waals surface area contributed by atoms with Crippen molar-refractivity contribution in [3.8, 4) is 0 Å². The van der Waals surface area contributed by atoms with Crippen molar-refractivity contribution < 1.29 is 4.42 Å². The first-order valence-electron chi connectivity index (χ1n) is 5.27. The Morgan fingerprint density at radius 2 is 2.00 bits per heavy atom. The molecule has 0 saturated carbocycles. The first-order chi connectivity index (χ1) is 7.74. The van der Waals surface area contributed by atoms with Gasteiger partial charge < -0.3 is 9.73 Å². The lowest BCUT2D eigenvalue weighted by Gasteiger charge is -2.02. The summed E-state index contributed by atoms with van der Waals surface area (Å²) in [6.45, 7) is 5.28. The lowest BCUT2D eigenvalue weighted by molar-refractivity contribution is 0.449. The van der Waals surface area contributed by atoms with E-state index in [0.717, 1.165) is 29.5 Å². The number of aromatic nitrogens is 2. The van der Waals surface area contributed by atoms with Crippen LogP contribution in [0.25, 0.3) is 0 Å². The Balaban J connectivity index is 1.82. The first-order valence-corrected chi connectivity index (χ1v) is 5.27. The lowest BCUT2D eigenvalue weighted by Crippen LogP contribution is -2.13. The van der Waals surface area contributed by atoms with Crippen LogP contribution in [0.5, 0.6) is 0 Å². The van der Waals surface area contributed by atoms with Crippen molar-refractivity contribution >= 4 is 0 Å². The normalized spacial score (nSPS) is 10.6. The van der Waals surface area contributed by atoms with Crippen LogP contribution in [0.2, 0.25) is 0 Å². The zero-order valence-corrected chi connectivity index (χ0v) is 9.53. The van der Waals surface area contributed by atoms with Gasteiger partial charge in [0.2, 0.25) is 5.89 Å². The zero-order chi connectivity index (χ0) is 11.4. The molecule has 0 bridgehead atoms. The van der Waals surface area contributed by atoms with E-state index in [9.17, 15) is 0 Å². The topological polar surface area (TPSA) is 51.0 Å². The number of nitrogens with one attached hydrogen (secondary N) is 1. The van der Waals surface area contributed by atoms with Crippen molar-refractivity contribution in [1.82, 2.24) is 15.3 Å². The van der Waals surface area contributed by atoms with Crippen LogP contribution in [0.15, 0.2) is 28.9 Å². The van der Waals surface area contributed by atoms with Gasteiger partial charge in [-0.25, -0.2) is 4.98 Å². The van der Waals surface area contributed by atoms with Gasteiger partial charge in [0, 0.05) is 18.4 Å². The van der Waals surface area contributed by atoms with Gasteiger partial charge in [0.15, 0.2) is 0 Å². The van der Waals surface area contributed by atoms with E-state index in [4.69, 9.17) is 4.42 Å². The second-order valence-electron chi connectivity index (χ2n) is 3.78. The summed E-state index contributed by atoms with van der Waals surface area (Å²) in [6.07, 6.45) is 3.60. The molecule has 1 N–H and O–H groups in total. The molecule has 0 radical (unpaired) electrons. The van der Waals surface area contributed by atoms with E-state index < -0.39 is 0 Å². The SMILES string of the molecule is Cc1ccc(CNCc2ncc(C)o2)cn1. The summed E-state index contributed by atoms with van der Waals surface area (Å²) in [5, 5.41) is 3.25. The fourth-order valence-corrected chi connectivity index (χ4v) is 1.40. The van der Waals surface area contributed by atoms with E-state index in [-0.39, 0.29) is 0 Å². The second-order valence-corrected chi connectivity index (χ2v) is 3.78. The van der Waals surface area contributed by atoms with Crippen molar-refractivity contribution in [3.63, 3.8) is 0 Å². The molecule has 0 spiro atoms. The molecule has 84 valence electrons. The molecule has 0 fully saturated rings. The smallest absolute Gasteiger partial charge is 0.208 e. The zero-order valence-electron chi connectivity index (χ0n) is 9.53. The van der Waals surface area contributed by atoms with Gasteiger partial charge in [-0.2, -0.15) is 0 Å². The molecule has 0 atom stereocenters. The number of hydrogen-bond donors (Lipinski definition) is 1. The van der Waals surface area contributed by atoms with Crippen LogP contribution in [-0.4, -0.2) is 9.97 Å². The standard InChI is InChI=1S/C12H15N3O/c1-9-3-4-11(7-14-9)6-13-8-12-15-5-10(2)16-12/h3-5,7,13H,6,8H2,1-2H3. The maximum absolute atomic E-state index is 5.35. The molecule has 2 rings (SSSR count). The summed E-state index contributed by atoms with van der Waals surface area (Å²) < 4.78 is 5.35. The maximum Gasteiger partial charge on any atom is 0.208 e. The van der Waals surface area contributed by atoms with Crippen molar-refractivity contribution in [2.45, 2.75) is 26.9 Å². The summed E-state index contributed by atoms with van der Waals surface area (Å²) in [5.74, 6) is 1.56. The summed E-state index contributed by atoms with van der Waals surface area (Å²) in [6, 6.07) is 4.07. The molecule has 4 heteroatoms. The highest BCUT2D eigenvalue weighted by Gasteiger charge is 1.99. The average Bonchev–Trinajstić information content (AvgIpc) is 2.67. The molecule has 0 aromatic carbocycles. The van der Waals surface area contributed by atoms with Crippen LogP contribution >= 0.6 is 0 Å². The van der Waals surface area contributed by atoms with Gasteiger partial charge in [0.1, 0.15) is 5.76 Å². The lowest BCUT2D eigenvalue weighted by atomic mass is 10.2. The minimum atomic E-state index is 0.641. The Kier molecular flexibility index (Phi) is 3.31. The minimum Gasteiger partial charge on any atom is -0.445 e. The molecule has 2 heterocycles. The molecule has 0 aliphatic carbocycles. The number of nitrogens with zero attached hydrogens (tertiary/aromatic N) is 2. The molecule has 0 unspecified atom stereocenters. The van der Waals surface area contributed by atoms with Crippen molar-refractivity contribution in [3.05, 3.63) is 47.4 Å². The molecule has 4 nitrogen and oxygen atoms in total. The van der Waals surface area contributed by atoms with E-state index >= 15 is 0 Å². The van der Waals surface area contributed by atoms with Crippen molar-refractivity contribution in [2.24, 2.45) is 0 Å². The number of oxazole rings is 1. The predicted octanol–water partition coefficient (Wildman–Crippen LogP) is 1.98. The summed E-state index contributed by atoms with van der Waals surface area (Å²) >= 11 is 0. The van der Waals surface area contributed by atoms with Gasteiger partial charge >= 0.3 is 0 Å². The molecule has 0 aliphatic heterocycles. The Morgan fingerprint density at radius 3 is 2.62 bits per heavy atom. The Hall–Kier alpha value is -1.68. The summed E-state index contributed by atoms with van der Waals surface area (Å²) in [7, 11) is 0. The van der Waals surface area contributed by atoms with Crippen LogP contribution < -0.4 is 5.32 Å². The summed E-state index contributed by atoms with van der Waals surface area (Å²) in [5.41, 5.74) is 2.20. The Labute approximate surface area is 94.7 Å². The maximum atomic E-state index is 5.35. The van der Waals surface area contributed by atoms with Crippen LogP contribution in [-0.2, 0) is 13.1 Å². The number of hydrogen-bond acceptors (Lipinski definition) is 4. The van der Waals surface area contributed by atoms with Crippen molar-refractivity contribution in [1.29, 1.82) is 0 Å². The Bertz CT molecular complexity index is 448. The molecule has 0 amide bonds. The first kappa shape index (κ1) is 10.8. The third kappa shape index (κ3) is 2.90. The van der Waals surface area contributed by atoms with Crippen LogP contribution in [0.4, 0.5) is 0 Å². The van der Waals surface area contributed by atoms with Crippen LogP contribution in [0.3, 0.4) is 0 Å². The van der Waals surface area contributed by atoms with E-state index in [0.29, 0.717) is 6.54 Å². The second kappa shape index (κ2) is 4.90. The van der Waals surface area contributed by atoms with E-state index in [1.165, 1.54) is 0 Å². The number of aryl methyl sites for hydroxylation is 2. The van der Waals surface area contributed by atoms with Crippen LogP contribution in [0, 0.1) is 13.8 Å². The number of rotatable bonds is 4. The largest absolute Gasteiger partial charge is 0.445 e. The fraction of sp³-hybridized carbons (Fsp3) is 0.333. The van der Waals surface area contributed by atoms with Gasteiger partial charge in [0.25, 0.3) is 0 Å². The van der Waals surface area contributed by atoms with E-state index in [2.05, 4.69) is 21.4 Å². The van der Waals surface area contributed by atoms with E-state index in [1.807, 2.05) is 26.1 Å². The Morgan fingerprint density at radius 1 is 1.12 bits per heavy atom. The van der Waals surface area contributed by atoms with Gasteiger partial charge in [-0.1, -0.05) is 6.07 Å². The molecular formula is C12H15N3O. The highest BCUT2D eigenvalue weighted by atomic mass is 16.4. The molecule has 2 aromatic heterocycles. The van der Waals surface area contributed by atoms with Crippen LogP contribution in [0.1, 0.15) is 22.9 Å². The quantitative estimate of drug-likeness (QED) is 0.850. The molecular weight excluding hydrogens is 202 g/mol. The molecule has 2 aromatic rings. The number of pyridine rings is 1. The predicted molar refractivity (Wildman–Crippen MR) is 60.8 cm³/mol. The average molecular weight is 217 g/mol. The molecule has 0 aliphatic rings. The molecule has 16 heavy (non-hydrogen) atoms. The monoisotopic (exact) mass is 217 g/mol. The van der Waals surface area contributed by atoms with Gasteiger partial charge in [-0.15, -0.1) is 0 Å². The highest BCUT2D eigenvalue weighted by Crippen LogP contribution is 2.02.